The van der Waals surface area contributed by atoms with E-state index >= 15 is 0 Å². The molecule has 23 heavy (non-hydrogen) atoms. The Balaban J connectivity index is 0.000000960. The van der Waals surface area contributed by atoms with Crippen LogP contribution in [0.5, 0.6) is 0 Å². The number of halogens is 2. The van der Waals surface area contributed by atoms with E-state index in [-0.39, 0.29) is 24.8 Å². The van der Waals surface area contributed by atoms with Crippen LogP contribution in [0.4, 0.5) is 0 Å². The number of nitrogens with zero attached hydrogens (tertiary/aromatic N) is 1. The molecule has 0 saturated carbocycles. The molecule has 0 saturated heterocycles. The Morgan fingerprint density at radius 2 is 1.78 bits per heavy atom. The fourth-order valence-corrected chi connectivity index (χ4v) is 8.64. The molecule has 0 radical (unpaired) electrons. The van der Waals surface area contributed by atoms with Crippen molar-refractivity contribution >= 4 is 6.08 Å². The zero-order valence-corrected chi connectivity index (χ0v) is 17.9. The summed E-state index contributed by atoms with van der Waals surface area (Å²) in [5.41, 5.74) is 4.42. The van der Waals surface area contributed by atoms with Gasteiger partial charge in [0.15, 0.2) is 0 Å². The van der Waals surface area contributed by atoms with Crippen LogP contribution in [0.25, 0.3) is 6.08 Å². The molecule has 2 aliphatic carbocycles. The van der Waals surface area contributed by atoms with Crippen molar-refractivity contribution in [3.63, 3.8) is 0 Å². The van der Waals surface area contributed by atoms with Gasteiger partial charge in [0.2, 0.25) is 0 Å². The topological polar surface area (TPSA) is 4.93 Å². The monoisotopic (exact) mass is 509 g/mol. The van der Waals surface area contributed by atoms with Gasteiger partial charge in [0.05, 0.1) is 0 Å². The smallest absolute Gasteiger partial charge is 1.00 e. The molecule has 1 heterocycles. The number of benzene rings is 1. The summed E-state index contributed by atoms with van der Waals surface area (Å²) in [5.74, 6) is 0. The van der Waals surface area contributed by atoms with Crippen LogP contribution in [0.1, 0.15) is 30.5 Å². The van der Waals surface area contributed by atoms with Gasteiger partial charge in [0.25, 0.3) is 0 Å². The third-order valence-electron chi connectivity index (χ3n) is 4.28. The van der Waals surface area contributed by atoms with E-state index in [1.165, 1.54) is 23.1 Å². The minimum absolute atomic E-state index is 0. The van der Waals surface area contributed by atoms with Crippen molar-refractivity contribution in [2.75, 3.05) is 0 Å². The van der Waals surface area contributed by atoms with Crippen molar-refractivity contribution < 1.29 is 47.7 Å². The Morgan fingerprint density at radius 1 is 1.04 bits per heavy atom. The van der Waals surface area contributed by atoms with Crippen molar-refractivity contribution in [2.45, 2.75) is 19.4 Å². The molecule has 0 bridgehead atoms. The molecule has 1 unspecified atom stereocenters. The zero-order valence-electron chi connectivity index (χ0n) is 12.8. The molecule has 1 nitrogen and oxygen atoms in total. The van der Waals surface area contributed by atoms with Crippen LogP contribution in [0.3, 0.4) is 0 Å². The van der Waals surface area contributed by atoms with Gasteiger partial charge in [-0.2, -0.15) is 0 Å². The maximum absolute atomic E-state index is 2.47. The largest absolute Gasteiger partial charge is 1.00 e. The molecule has 4 heteroatoms. The molecule has 0 aliphatic heterocycles. The molecule has 4 rings (SSSR count). The first kappa shape index (κ1) is 18.5. The molecule has 0 amide bonds. The zero-order chi connectivity index (χ0) is 14.2. The van der Waals surface area contributed by atoms with Gasteiger partial charge in [0.1, 0.15) is 0 Å². The van der Waals surface area contributed by atoms with E-state index in [2.05, 4.69) is 78.5 Å². The molecule has 0 fully saturated rings. The Bertz CT molecular complexity index is 772. The van der Waals surface area contributed by atoms with E-state index in [1.54, 1.807) is 6.66 Å². The standard InChI is InChI=1S/C13H10N.C6H7.2ClH.Hf/c1-2-6-12-11(5-1)7-8-13(12)14-9-3-4-10-14;1-6-4-2-3-5-6;;;/h1-7,9-10,13H;2,4H,3H2,1H3;2*1H;/q;;;;+2/p-2. The predicted molar refractivity (Wildman–Crippen MR) is 83.4 cm³/mol. The summed E-state index contributed by atoms with van der Waals surface area (Å²) >= 11 is -0.935. The minimum atomic E-state index is -0.935. The molecule has 1 aromatic carbocycles. The maximum Gasteiger partial charge on any atom is -1.00 e. The second kappa shape index (κ2) is 7.83. The van der Waals surface area contributed by atoms with Crippen molar-refractivity contribution in [1.29, 1.82) is 0 Å². The molecule has 2 aromatic rings. The quantitative estimate of drug-likeness (QED) is 0.457. The summed E-state index contributed by atoms with van der Waals surface area (Å²) in [7, 11) is 0. The van der Waals surface area contributed by atoms with Crippen LogP contribution < -0.4 is 24.8 Å². The second-order valence-electron chi connectivity index (χ2n) is 5.65. The minimum Gasteiger partial charge on any atom is -1.00 e. The average molecular weight is 509 g/mol. The number of hydrogen-bond donors (Lipinski definition) is 0. The number of fused-ring (bicyclic) bond motifs is 1. The predicted octanol–water partition coefficient (Wildman–Crippen LogP) is -1.24. The molecule has 2 aliphatic rings. The average Bonchev–Trinajstić information content (AvgIpc) is 3.19. The normalized spacial score (nSPS) is 18.0. The Morgan fingerprint density at radius 3 is 2.48 bits per heavy atom. The number of aromatic nitrogens is 1. The summed E-state index contributed by atoms with van der Waals surface area (Å²) in [6, 6.07) is 13.6. The van der Waals surface area contributed by atoms with Gasteiger partial charge in [-0.3, -0.25) is 0 Å². The Kier molecular flexibility index (Phi) is 6.30. The van der Waals surface area contributed by atoms with Crippen LogP contribution in [0.15, 0.2) is 73.2 Å². The molecule has 1 aromatic heterocycles. The number of hydrogen-bond acceptors (Lipinski definition) is 0. The van der Waals surface area contributed by atoms with Gasteiger partial charge >= 0.3 is 137 Å². The first-order chi connectivity index (χ1) is 10.3. The molecular weight excluding hydrogens is 492 g/mol. The van der Waals surface area contributed by atoms with E-state index in [0.717, 1.165) is 0 Å². The van der Waals surface area contributed by atoms with E-state index < -0.39 is 22.9 Å². The van der Waals surface area contributed by atoms with Gasteiger partial charge in [-0.1, -0.05) is 0 Å². The van der Waals surface area contributed by atoms with Crippen LogP contribution in [-0.4, -0.2) is 4.57 Å². The molecular formula is C19H17Cl2HfN. The van der Waals surface area contributed by atoms with Crippen molar-refractivity contribution in [3.8, 4) is 0 Å². The van der Waals surface area contributed by atoms with E-state index in [0.29, 0.717) is 6.04 Å². The van der Waals surface area contributed by atoms with Crippen LogP contribution in [0.2, 0.25) is 0 Å². The van der Waals surface area contributed by atoms with Crippen LogP contribution in [-0.2, 0) is 22.9 Å². The summed E-state index contributed by atoms with van der Waals surface area (Å²) in [6.45, 7) is 2.28. The van der Waals surface area contributed by atoms with E-state index in [9.17, 15) is 0 Å². The summed E-state index contributed by atoms with van der Waals surface area (Å²) in [6.07, 6.45) is 12.7. The summed E-state index contributed by atoms with van der Waals surface area (Å²) < 4.78 is 5.83. The van der Waals surface area contributed by atoms with Gasteiger partial charge in [0, 0.05) is 0 Å². The summed E-state index contributed by atoms with van der Waals surface area (Å²) in [5, 5.41) is 0. The third-order valence-corrected chi connectivity index (χ3v) is 10.1. The van der Waals surface area contributed by atoms with Crippen LogP contribution in [0, 0.1) is 0 Å². The van der Waals surface area contributed by atoms with Crippen molar-refractivity contribution in [3.05, 3.63) is 84.3 Å². The molecule has 116 valence electrons. The van der Waals surface area contributed by atoms with Crippen molar-refractivity contribution in [1.82, 2.24) is 4.57 Å². The maximum atomic E-state index is 2.47. The summed E-state index contributed by atoms with van der Waals surface area (Å²) in [4.78, 5) is 0. The molecule has 0 N–H and O–H groups in total. The van der Waals surface area contributed by atoms with Gasteiger partial charge in [-0.05, 0) is 0 Å². The van der Waals surface area contributed by atoms with E-state index in [4.69, 9.17) is 0 Å². The van der Waals surface area contributed by atoms with Gasteiger partial charge in [-0.25, -0.2) is 0 Å². The fraction of sp³-hybridized carbons (Fsp3) is 0.158. The second-order valence-corrected chi connectivity index (χ2v) is 10.8. The SMILES string of the molecule is CC1=[C]([Hf+2][C]2=Cc3ccccc3C2n2cccc2)CC=C1.[Cl-].[Cl-]. The van der Waals surface area contributed by atoms with E-state index in [1.807, 2.05) is 0 Å². The van der Waals surface area contributed by atoms with Gasteiger partial charge in [-0.15, -0.1) is 0 Å². The fourth-order valence-electron chi connectivity index (χ4n) is 3.19. The molecule has 1 atom stereocenters. The third kappa shape index (κ3) is 3.50. The Labute approximate surface area is 161 Å². The first-order valence-electron chi connectivity index (χ1n) is 7.39. The molecule has 0 spiro atoms. The van der Waals surface area contributed by atoms with Crippen molar-refractivity contribution in [2.24, 2.45) is 0 Å². The van der Waals surface area contributed by atoms with Gasteiger partial charge < -0.3 is 24.8 Å². The first-order valence-corrected chi connectivity index (χ1v) is 11.0. The Hall–Kier alpha value is -0.830. The number of allylic oxidation sites excluding steroid dienone is 5. The van der Waals surface area contributed by atoms with Crippen LogP contribution >= 0.6 is 0 Å². The number of rotatable bonds is 3.